The first-order chi connectivity index (χ1) is 5.79. The van der Waals surface area contributed by atoms with Gasteiger partial charge in [-0.1, -0.05) is 24.3 Å². The highest BCUT2D eigenvalue weighted by atomic mass is 19.1. The fourth-order valence-electron chi connectivity index (χ4n) is 1.11. The van der Waals surface area contributed by atoms with Crippen molar-refractivity contribution in [1.29, 1.82) is 0 Å². The highest BCUT2D eigenvalue weighted by molar-refractivity contribution is 5.83. The number of hydrogen-bond acceptors (Lipinski definition) is 0. The highest BCUT2D eigenvalue weighted by Gasteiger charge is 2.02. The molecule has 0 nitrogen and oxygen atoms in total. The van der Waals surface area contributed by atoms with Crippen molar-refractivity contribution in [3.05, 3.63) is 48.0 Å². The maximum absolute atomic E-state index is 12.9. The Morgan fingerprint density at radius 1 is 0.833 bits per heavy atom. The standard InChI is InChI=1S/C10H4F2/c11-9-5-1-3-7-8(9)4-2-6-10(7)12/h1-4H. The van der Waals surface area contributed by atoms with Gasteiger partial charge in [0.1, 0.15) is 11.6 Å². The van der Waals surface area contributed by atoms with E-state index in [1.165, 1.54) is 24.3 Å². The van der Waals surface area contributed by atoms with E-state index >= 15 is 0 Å². The normalized spacial score (nSPS) is 10.5. The maximum Gasteiger partial charge on any atom is 0.139 e. The van der Waals surface area contributed by atoms with Crippen molar-refractivity contribution in [2.75, 3.05) is 0 Å². The Labute approximate surface area is 68.4 Å². The second-order valence-electron chi connectivity index (χ2n) is 2.41. The molecule has 58 valence electrons. The van der Waals surface area contributed by atoms with Gasteiger partial charge in [-0.15, -0.1) is 0 Å². The van der Waals surface area contributed by atoms with Gasteiger partial charge in [0.15, 0.2) is 0 Å². The number of rotatable bonds is 0. The molecule has 0 fully saturated rings. The van der Waals surface area contributed by atoms with Gasteiger partial charge in [0.25, 0.3) is 0 Å². The van der Waals surface area contributed by atoms with Crippen LogP contribution in [0, 0.1) is 23.8 Å². The van der Waals surface area contributed by atoms with Gasteiger partial charge in [0.05, 0.1) is 0 Å². The number of hydrogen-bond donors (Lipinski definition) is 0. The van der Waals surface area contributed by atoms with Gasteiger partial charge in [-0.25, -0.2) is 8.78 Å². The molecule has 0 bridgehead atoms. The third kappa shape index (κ3) is 0.961. The second kappa shape index (κ2) is 2.55. The number of halogens is 2. The van der Waals surface area contributed by atoms with Crippen molar-refractivity contribution in [2.45, 2.75) is 0 Å². The summed E-state index contributed by atoms with van der Waals surface area (Å²) in [5, 5.41) is 0.488. The van der Waals surface area contributed by atoms with Crippen LogP contribution in [0.25, 0.3) is 10.8 Å². The fourth-order valence-corrected chi connectivity index (χ4v) is 1.11. The van der Waals surface area contributed by atoms with Crippen LogP contribution in [0.15, 0.2) is 24.3 Å². The van der Waals surface area contributed by atoms with E-state index in [1.54, 1.807) is 0 Å². The van der Waals surface area contributed by atoms with E-state index in [4.69, 9.17) is 0 Å². The summed E-state index contributed by atoms with van der Waals surface area (Å²) < 4.78 is 25.9. The lowest BCUT2D eigenvalue weighted by Crippen LogP contribution is -1.82. The molecule has 0 atom stereocenters. The maximum atomic E-state index is 12.9. The Hall–Kier alpha value is -1.44. The average Bonchev–Trinajstić information content (AvgIpc) is 2.07. The lowest BCUT2D eigenvalue weighted by atomic mass is 10.1. The Morgan fingerprint density at radius 2 is 1.25 bits per heavy atom. The van der Waals surface area contributed by atoms with E-state index in [1.807, 2.05) is 0 Å². The van der Waals surface area contributed by atoms with Crippen molar-refractivity contribution >= 4 is 10.8 Å². The predicted molar refractivity (Wildman–Crippen MR) is 41.5 cm³/mol. The van der Waals surface area contributed by atoms with E-state index in [0.717, 1.165) is 0 Å². The largest absolute Gasteiger partial charge is 0.206 e. The SMILES string of the molecule is Fc1[c]ccc2c(F)[c]ccc12. The molecule has 2 aromatic carbocycles. The highest BCUT2D eigenvalue weighted by Crippen LogP contribution is 2.18. The molecule has 0 amide bonds. The summed E-state index contributed by atoms with van der Waals surface area (Å²) in [6.45, 7) is 0. The van der Waals surface area contributed by atoms with E-state index in [0.29, 0.717) is 0 Å². The van der Waals surface area contributed by atoms with Crippen molar-refractivity contribution in [3.8, 4) is 0 Å². The first-order valence-corrected chi connectivity index (χ1v) is 3.45. The Morgan fingerprint density at radius 3 is 1.67 bits per heavy atom. The molecule has 0 aromatic heterocycles. The molecule has 0 aliphatic carbocycles. The molecule has 2 rings (SSSR count). The van der Waals surface area contributed by atoms with E-state index in [-0.39, 0.29) is 10.8 Å². The molecule has 0 saturated heterocycles. The zero-order chi connectivity index (χ0) is 8.55. The average molecular weight is 162 g/mol. The Kier molecular flexibility index (Phi) is 1.54. The molecule has 2 aromatic rings. The molecular weight excluding hydrogens is 158 g/mol. The quantitative estimate of drug-likeness (QED) is 0.558. The summed E-state index contributed by atoms with van der Waals surface area (Å²) in [4.78, 5) is 0. The van der Waals surface area contributed by atoms with Crippen molar-refractivity contribution < 1.29 is 8.78 Å². The number of benzene rings is 2. The monoisotopic (exact) mass is 162 g/mol. The molecule has 12 heavy (non-hydrogen) atoms. The zero-order valence-corrected chi connectivity index (χ0v) is 6.07. The third-order valence-electron chi connectivity index (χ3n) is 1.68. The molecule has 0 saturated carbocycles. The van der Waals surface area contributed by atoms with Crippen LogP contribution in [0.4, 0.5) is 8.78 Å². The van der Waals surface area contributed by atoms with E-state index < -0.39 is 11.6 Å². The summed E-state index contributed by atoms with van der Waals surface area (Å²) in [5.41, 5.74) is 0. The molecule has 0 aliphatic rings. The minimum absolute atomic E-state index is 0.244. The van der Waals surface area contributed by atoms with Crippen LogP contribution < -0.4 is 0 Å². The molecule has 0 unspecified atom stereocenters. The van der Waals surface area contributed by atoms with E-state index in [2.05, 4.69) is 12.1 Å². The summed E-state index contributed by atoms with van der Waals surface area (Å²) in [5.74, 6) is -1.05. The van der Waals surface area contributed by atoms with Gasteiger partial charge >= 0.3 is 0 Å². The van der Waals surface area contributed by atoms with Gasteiger partial charge in [-0.3, -0.25) is 0 Å². The smallest absolute Gasteiger partial charge is 0.139 e. The Bertz CT molecular complexity index is 380. The van der Waals surface area contributed by atoms with Crippen LogP contribution in [0.5, 0.6) is 0 Å². The summed E-state index contributed by atoms with van der Waals surface area (Å²) in [6, 6.07) is 10.4. The molecular formula is C10H4F2. The van der Waals surface area contributed by atoms with Crippen LogP contribution in [0.2, 0.25) is 0 Å². The third-order valence-corrected chi connectivity index (χ3v) is 1.68. The molecule has 2 radical (unpaired) electrons. The van der Waals surface area contributed by atoms with Crippen LogP contribution in [0.3, 0.4) is 0 Å². The minimum Gasteiger partial charge on any atom is -0.206 e. The molecule has 2 heteroatoms. The fraction of sp³-hybridized carbons (Fsp3) is 0. The van der Waals surface area contributed by atoms with Gasteiger partial charge < -0.3 is 0 Å². The van der Waals surface area contributed by atoms with Crippen LogP contribution in [-0.4, -0.2) is 0 Å². The van der Waals surface area contributed by atoms with Crippen LogP contribution in [0.1, 0.15) is 0 Å². The summed E-state index contributed by atoms with van der Waals surface area (Å²) >= 11 is 0. The van der Waals surface area contributed by atoms with Gasteiger partial charge in [0, 0.05) is 22.9 Å². The molecule has 0 heterocycles. The second-order valence-corrected chi connectivity index (χ2v) is 2.41. The lowest BCUT2D eigenvalue weighted by molar-refractivity contribution is 0.626. The van der Waals surface area contributed by atoms with Gasteiger partial charge in [-0.2, -0.15) is 0 Å². The van der Waals surface area contributed by atoms with Gasteiger partial charge in [-0.05, 0) is 0 Å². The molecule has 0 aliphatic heterocycles. The minimum atomic E-state index is -0.527. The van der Waals surface area contributed by atoms with Crippen molar-refractivity contribution in [2.24, 2.45) is 0 Å². The van der Waals surface area contributed by atoms with Crippen molar-refractivity contribution in [3.63, 3.8) is 0 Å². The first-order valence-electron chi connectivity index (χ1n) is 3.45. The molecule has 0 N–H and O–H groups in total. The van der Waals surface area contributed by atoms with Crippen molar-refractivity contribution in [1.82, 2.24) is 0 Å². The van der Waals surface area contributed by atoms with Crippen LogP contribution in [-0.2, 0) is 0 Å². The topological polar surface area (TPSA) is 0 Å². The summed E-state index contributed by atoms with van der Waals surface area (Å²) in [7, 11) is 0. The predicted octanol–water partition coefficient (Wildman–Crippen LogP) is 2.72. The first kappa shape index (κ1) is 7.22. The number of fused-ring (bicyclic) bond motifs is 1. The summed E-state index contributed by atoms with van der Waals surface area (Å²) in [6.07, 6.45) is 0. The molecule has 0 spiro atoms. The van der Waals surface area contributed by atoms with Gasteiger partial charge in [0.2, 0.25) is 0 Å². The van der Waals surface area contributed by atoms with Crippen LogP contribution >= 0.6 is 0 Å². The lowest BCUT2D eigenvalue weighted by Gasteiger charge is -1.97. The Balaban J connectivity index is 2.94. The zero-order valence-electron chi connectivity index (χ0n) is 6.07. The van der Waals surface area contributed by atoms with E-state index in [9.17, 15) is 8.78 Å².